The van der Waals surface area contributed by atoms with Crippen LogP contribution in [0.5, 0.6) is 0 Å². The highest BCUT2D eigenvalue weighted by Crippen LogP contribution is 2.25. The number of hydrogen-bond donors (Lipinski definition) is 1. The van der Waals surface area contributed by atoms with E-state index in [1.807, 2.05) is 0 Å². The number of nitrogens with zero attached hydrogens (tertiary/aromatic N) is 1. The summed E-state index contributed by atoms with van der Waals surface area (Å²) < 4.78 is 0. The van der Waals surface area contributed by atoms with E-state index >= 15 is 0 Å². The lowest BCUT2D eigenvalue weighted by Crippen LogP contribution is -2.52. The van der Waals surface area contributed by atoms with Crippen molar-refractivity contribution in [3.05, 3.63) is 0 Å². The number of nitrogens with one attached hydrogen (secondary N) is 1. The molecule has 2 aliphatic heterocycles. The van der Waals surface area contributed by atoms with Gasteiger partial charge in [-0.2, -0.15) is 0 Å². The molecule has 0 aromatic heterocycles. The number of ketones is 1. The number of hydrogen-bond acceptors (Lipinski definition) is 3. The number of Topliss-reactive ketones (excluding diaryl/α,β-unsaturated/α-hetero) is 1. The van der Waals surface area contributed by atoms with Crippen LogP contribution >= 0.6 is 0 Å². The summed E-state index contributed by atoms with van der Waals surface area (Å²) in [5.41, 5.74) is 0. The lowest BCUT2D eigenvalue weighted by atomic mass is 9.94. The lowest BCUT2D eigenvalue weighted by Gasteiger charge is -2.39. The fourth-order valence-electron chi connectivity index (χ4n) is 3.22. The number of carbonyl (C=O) groups excluding carboxylic acids is 2. The molecule has 0 aromatic rings. The molecule has 2 rings (SSSR count). The summed E-state index contributed by atoms with van der Waals surface area (Å²) in [6, 6.07) is 0.280. The van der Waals surface area contributed by atoms with E-state index in [0.717, 1.165) is 45.2 Å². The number of rotatable bonds is 3. The molecular formula is C14H24N2O2. The second kappa shape index (κ2) is 6.32. The summed E-state index contributed by atoms with van der Waals surface area (Å²) >= 11 is 0. The first-order valence-corrected chi connectivity index (χ1v) is 7.21. The molecule has 18 heavy (non-hydrogen) atoms. The minimum Gasteiger partial charge on any atom is -0.355 e. The van der Waals surface area contributed by atoms with Gasteiger partial charge in [0.05, 0.1) is 6.04 Å². The molecule has 2 saturated heterocycles. The molecule has 2 atom stereocenters. The summed E-state index contributed by atoms with van der Waals surface area (Å²) in [4.78, 5) is 25.8. The predicted octanol–water partition coefficient (Wildman–Crippen LogP) is 1.49. The van der Waals surface area contributed by atoms with Crippen molar-refractivity contribution in [3.63, 3.8) is 0 Å². The normalized spacial score (nSPS) is 30.6. The van der Waals surface area contributed by atoms with Crippen molar-refractivity contribution >= 4 is 11.7 Å². The minimum atomic E-state index is -0.00264. The smallest absolute Gasteiger partial charge is 0.237 e. The van der Waals surface area contributed by atoms with Crippen LogP contribution in [0.2, 0.25) is 0 Å². The Labute approximate surface area is 109 Å². The molecule has 102 valence electrons. The first kappa shape index (κ1) is 13.5. The van der Waals surface area contributed by atoms with Crippen LogP contribution in [0.25, 0.3) is 0 Å². The fraction of sp³-hybridized carbons (Fsp3) is 0.857. The molecule has 0 spiro atoms. The maximum absolute atomic E-state index is 12.1. The molecule has 0 aliphatic carbocycles. The Hall–Kier alpha value is -0.900. The molecule has 4 heteroatoms. The summed E-state index contributed by atoms with van der Waals surface area (Å²) in [7, 11) is 0. The van der Waals surface area contributed by atoms with Crippen LogP contribution in [0, 0.1) is 0 Å². The molecule has 0 radical (unpaired) electrons. The third-order valence-corrected chi connectivity index (χ3v) is 4.10. The topological polar surface area (TPSA) is 49.4 Å². The van der Waals surface area contributed by atoms with Gasteiger partial charge in [-0.3, -0.25) is 14.5 Å². The lowest BCUT2D eigenvalue weighted by molar-refractivity contribution is -0.129. The van der Waals surface area contributed by atoms with Crippen LogP contribution in [-0.4, -0.2) is 41.8 Å². The molecule has 0 aromatic carbocycles. The van der Waals surface area contributed by atoms with Gasteiger partial charge in [-0.1, -0.05) is 6.42 Å². The quantitative estimate of drug-likeness (QED) is 0.828. The highest BCUT2D eigenvalue weighted by molar-refractivity contribution is 5.82. The minimum absolute atomic E-state index is 0.00264. The highest BCUT2D eigenvalue weighted by atomic mass is 16.2. The second-order valence-electron chi connectivity index (χ2n) is 5.60. The molecule has 1 amide bonds. The van der Waals surface area contributed by atoms with Crippen molar-refractivity contribution in [2.24, 2.45) is 0 Å². The van der Waals surface area contributed by atoms with Gasteiger partial charge in [0.2, 0.25) is 5.91 Å². The molecule has 2 heterocycles. The maximum atomic E-state index is 12.1. The average Bonchev–Trinajstić information content (AvgIpc) is 2.54. The highest BCUT2D eigenvalue weighted by Gasteiger charge is 2.33. The van der Waals surface area contributed by atoms with Gasteiger partial charge >= 0.3 is 0 Å². The van der Waals surface area contributed by atoms with Crippen LogP contribution in [0.3, 0.4) is 0 Å². The zero-order valence-electron chi connectivity index (χ0n) is 11.3. The van der Waals surface area contributed by atoms with Crippen molar-refractivity contribution in [1.29, 1.82) is 0 Å². The summed E-state index contributed by atoms with van der Waals surface area (Å²) in [6.45, 7) is 3.43. The number of likely N-dealkylation sites (tertiary alicyclic amines) is 1. The fourth-order valence-corrected chi connectivity index (χ4v) is 3.22. The molecular weight excluding hydrogens is 228 g/mol. The SMILES string of the molecule is CC(=O)CC1CCCCN1C1CCCCNC1=O. The van der Waals surface area contributed by atoms with Gasteiger partial charge in [-0.15, -0.1) is 0 Å². The van der Waals surface area contributed by atoms with Crippen molar-refractivity contribution in [2.45, 2.75) is 64.0 Å². The van der Waals surface area contributed by atoms with Gasteiger partial charge < -0.3 is 5.32 Å². The Morgan fingerprint density at radius 2 is 2.06 bits per heavy atom. The van der Waals surface area contributed by atoms with Crippen molar-refractivity contribution < 1.29 is 9.59 Å². The van der Waals surface area contributed by atoms with Crippen molar-refractivity contribution in [1.82, 2.24) is 10.2 Å². The summed E-state index contributed by atoms with van der Waals surface area (Å²) in [5.74, 6) is 0.406. The Kier molecular flexibility index (Phi) is 4.75. The van der Waals surface area contributed by atoms with Gasteiger partial charge in [0.15, 0.2) is 0 Å². The van der Waals surface area contributed by atoms with Crippen molar-refractivity contribution in [3.8, 4) is 0 Å². The Bertz CT molecular complexity index is 317. The van der Waals surface area contributed by atoms with Crippen LogP contribution < -0.4 is 5.32 Å². The third kappa shape index (κ3) is 3.31. The van der Waals surface area contributed by atoms with Gasteiger partial charge in [0, 0.05) is 19.0 Å². The van der Waals surface area contributed by atoms with Gasteiger partial charge in [-0.25, -0.2) is 0 Å². The van der Waals surface area contributed by atoms with E-state index in [1.54, 1.807) is 6.92 Å². The zero-order chi connectivity index (χ0) is 13.0. The van der Waals surface area contributed by atoms with Crippen LogP contribution in [-0.2, 0) is 9.59 Å². The molecule has 0 saturated carbocycles. The maximum Gasteiger partial charge on any atom is 0.237 e. The summed E-state index contributed by atoms with van der Waals surface area (Å²) in [6.07, 6.45) is 7.12. The Morgan fingerprint density at radius 3 is 2.83 bits per heavy atom. The number of amides is 1. The predicted molar refractivity (Wildman–Crippen MR) is 70.3 cm³/mol. The first-order valence-electron chi connectivity index (χ1n) is 7.21. The largest absolute Gasteiger partial charge is 0.355 e. The average molecular weight is 252 g/mol. The molecule has 2 aliphatic rings. The number of piperidine rings is 1. The van der Waals surface area contributed by atoms with Crippen molar-refractivity contribution in [2.75, 3.05) is 13.1 Å². The molecule has 2 unspecified atom stereocenters. The van der Waals surface area contributed by atoms with Crippen LogP contribution in [0.15, 0.2) is 0 Å². The van der Waals surface area contributed by atoms with E-state index in [4.69, 9.17) is 0 Å². The number of carbonyl (C=O) groups is 2. The standard InChI is InChI=1S/C14H24N2O2/c1-11(17)10-12-6-3-5-9-16(12)13-7-2-4-8-15-14(13)18/h12-13H,2-10H2,1H3,(H,15,18). The van der Waals surface area contributed by atoms with E-state index in [9.17, 15) is 9.59 Å². The van der Waals surface area contributed by atoms with E-state index in [2.05, 4.69) is 10.2 Å². The Balaban J connectivity index is 2.06. The molecule has 0 bridgehead atoms. The van der Waals surface area contributed by atoms with Gasteiger partial charge in [-0.05, 0) is 45.6 Å². The van der Waals surface area contributed by atoms with Gasteiger partial charge in [0.25, 0.3) is 0 Å². The van der Waals surface area contributed by atoms with Crippen LogP contribution in [0.1, 0.15) is 51.9 Å². The first-order chi connectivity index (χ1) is 8.68. The van der Waals surface area contributed by atoms with Gasteiger partial charge in [0.1, 0.15) is 5.78 Å². The summed E-state index contributed by atoms with van der Waals surface area (Å²) in [5, 5.41) is 3.00. The molecule has 1 N–H and O–H groups in total. The van der Waals surface area contributed by atoms with E-state index in [-0.39, 0.29) is 23.8 Å². The second-order valence-corrected chi connectivity index (χ2v) is 5.60. The van der Waals surface area contributed by atoms with E-state index < -0.39 is 0 Å². The molecule has 4 nitrogen and oxygen atoms in total. The zero-order valence-corrected chi connectivity index (χ0v) is 11.3. The Morgan fingerprint density at radius 1 is 1.28 bits per heavy atom. The van der Waals surface area contributed by atoms with E-state index in [0.29, 0.717) is 6.42 Å². The van der Waals surface area contributed by atoms with Crippen LogP contribution in [0.4, 0.5) is 0 Å². The van der Waals surface area contributed by atoms with E-state index in [1.165, 1.54) is 6.42 Å². The third-order valence-electron chi connectivity index (χ3n) is 4.10. The molecule has 2 fully saturated rings. The monoisotopic (exact) mass is 252 g/mol.